The highest BCUT2D eigenvalue weighted by Gasteiger charge is 2.19. The molecule has 1 heterocycles. The highest BCUT2D eigenvalue weighted by Crippen LogP contribution is 2.41. The zero-order chi connectivity index (χ0) is 26.2. The summed E-state index contributed by atoms with van der Waals surface area (Å²) in [5.41, 5.74) is 2.24. The van der Waals surface area contributed by atoms with E-state index in [1.54, 1.807) is 48.5 Å². The number of carbonyl (C=O) groups excluding carboxylic acids is 1. The van der Waals surface area contributed by atoms with E-state index >= 15 is 0 Å². The third kappa shape index (κ3) is 5.83. The smallest absolute Gasteiger partial charge is 0.260 e. The number of unbranched alkanes of at least 4 members (excludes halogenated alkanes) is 1. The number of methoxy groups -OCH3 is 3. The Balaban J connectivity index is 1.56. The van der Waals surface area contributed by atoms with E-state index in [4.69, 9.17) is 23.5 Å². The maximum absolute atomic E-state index is 12.9. The van der Waals surface area contributed by atoms with Crippen molar-refractivity contribution in [2.45, 2.75) is 19.8 Å². The molecule has 0 saturated carbocycles. The van der Waals surface area contributed by atoms with Gasteiger partial charge in [-0.3, -0.25) is 4.79 Å². The first-order valence-corrected chi connectivity index (χ1v) is 11.9. The fraction of sp³-hybridized carbons (Fsp3) is 0.250. The number of para-hydroxylation sites is 1. The molecular weight excluding hydrogens is 474 g/mol. The van der Waals surface area contributed by atoms with Gasteiger partial charge in [0.05, 0.1) is 39.2 Å². The molecule has 1 amide bonds. The number of hydrogen-bond acceptors (Lipinski definition) is 8. The summed E-state index contributed by atoms with van der Waals surface area (Å²) in [6.45, 7) is 2.76. The first kappa shape index (κ1) is 25.6. The van der Waals surface area contributed by atoms with E-state index in [1.165, 1.54) is 21.3 Å². The van der Waals surface area contributed by atoms with Gasteiger partial charge in [-0.25, -0.2) is 0 Å². The molecule has 37 heavy (non-hydrogen) atoms. The Bertz CT molecular complexity index is 1330. The summed E-state index contributed by atoms with van der Waals surface area (Å²) in [4.78, 5) is 17.5. The first-order chi connectivity index (χ1) is 18.1. The Morgan fingerprint density at radius 1 is 0.946 bits per heavy atom. The third-order valence-electron chi connectivity index (χ3n) is 5.64. The lowest BCUT2D eigenvalue weighted by atomic mass is 10.1. The molecule has 0 aliphatic carbocycles. The van der Waals surface area contributed by atoms with Crippen LogP contribution in [0.3, 0.4) is 0 Å². The van der Waals surface area contributed by atoms with Gasteiger partial charge >= 0.3 is 0 Å². The highest BCUT2D eigenvalue weighted by molar-refractivity contribution is 6.06. The standard InChI is InChI=1S/C28H29N3O6/c1-5-6-15-36-20-13-11-18(12-14-20)27(32)29-22-10-8-7-9-21(22)28-30-26(31-37-28)19-16-23(33-2)25(35-4)24(17-19)34-3/h7-14,16-17H,5-6,15H2,1-4H3,(H,29,32). The van der Waals surface area contributed by atoms with Crippen LogP contribution in [0.4, 0.5) is 5.69 Å². The van der Waals surface area contributed by atoms with Gasteiger partial charge in [0, 0.05) is 11.1 Å². The van der Waals surface area contributed by atoms with Crippen LogP contribution in [0.2, 0.25) is 0 Å². The quantitative estimate of drug-likeness (QED) is 0.254. The van der Waals surface area contributed by atoms with Crippen LogP contribution in [-0.4, -0.2) is 44.0 Å². The lowest BCUT2D eigenvalue weighted by molar-refractivity contribution is 0.102. The first-order valence-electron chi connectivity index (χ1n) is 11.9. The molecule has 0 atom stereocenters. The average Bonchev–Trinajstić information content (AvgIpc) is 3.43. The largest absolute Gasteiger partial charge is 0.494 e. The van der Waals surface area contributed by atoms with Crippen molar-refractivity contribution in [3.8, 4) is 45.8 Å². The van der Waals surface area contributed by atoms with Gasteiger partial charge in [-0.05, 0) is 55.0 Å². The third-order valence-corrected chi connectivity index (χ3v) is 5.64. The van der Waals surface area contributed by atoms with Crippen molar-refractivity contribution in [3.63, 3.8) is 0 Å². The molecule has 0 unspecified atom stereocenters. The molecule has 0 radical (unpaired) electrons. The van der Waals surface area contributed by atoms with Crippen LogP contribution in [0.1, 0.15) is 30.1 Å². The van der Waals surface area contributed by atoms with E-state index in [-0.39, 0.29) is 11.8 Å². The predicted octanol–water partition coefficient (Wildman–Crippen LogP) is 5.86. The second-order valence-electron chi connectivity index (χ2n) is 8.06. The normalized spacial score (nSPS) is 10.6. The zero-order valence-electron chi connectivity index (χ0n) is 21.2. The fourth-order valence-corrected chi connectivity index (χ4v) is 3.67. The number of aromatic nitrogens is 2. The summed E-state index contributed by atoms with van der Waals surface area (Å²) in [7, 11) is 4.61. The summed E-state index contributed by atoms with van der Waals surface area (Å²) in [5.74, 6) is 2.45. The van der Waals surface area contributed by atoms with E-state index in [1.807, 2.05) is 12.1 Å². The lowest BCUT2D eigenvalue weighted by Gasteiger charge is -2.12. The van der Waals surface area contributed by atoms with Crippen LogP contribution in [0, 0.1) is 0 Å². The molecule has 3 aromatic carbocycles. The van der Waals surface area contributed by atoms with E-state index < -0.39 is 0 Å². The van der Waals surface area contributed by atoms with Gasteiger partial charge in [0.25, 0.3) is 11.8 Å². The van der Waals surface area contributed by atoms with Crippen LogP contribution in [-0.2, 0) is 0 Å². The summed E-state index contributed by atoms with van der Waals surface area (Å²) >= 11 is 0. The van der Waals surface area contributed by atoms with Crippen molar-refractivity contribution in [1.82, 2.24) is 10.1 Å². The molecule has 4 rings (SSSR count). The van der Waals surface area contributed by atoms with Crippen molar-refractivity contribution in [2.75, 3.05) is 33.3 Å². The SMILES string of the molecule is CCCCOc1ccc(C(=O)Nc2ccccc2-c2nc(-c3cc(OC)c(OC)c(OC)c3)no2)cc1. The van der Waals surface area contributed by atoms with Crippen LogP contribution in [0.15, 0.2) is 65.2 Å². The van der Waals surface area contributed by atoms with Gasteiger partial charge in [0.15, 0.2) is 11.5 Å². The Morgan fingerprint density at radius 2 is 1.65 bits per heavy atom. The number of rotatable bonds is 11. The molecule has 0 aliphatic heterocycles. The topological polar surface area (TPSA) is 105 Å². The number of carbonyl (C=O) groups is 1. The van der Waals surface area contributed by atoms with Crippen LogP contribution < -0.4 is 24.3 Å². The van der Waals surface area contributed by atoms with Gasteiger partial charge in [-0.1, -0.05) is 30.6 Å². The van der Waals surface area contributed by atoms with Gasteiger partial charge in [0.2, 0.25) is 11.6 Å². The molecule has 0 aliphatic rings. The zero-order valence-corrected chi connectivity index (χ0v) is 21.2. The van der Waals surface area contributed by atoms with Crippen molar-refractivity contribution < 1.29 is 28.3 Å². The molecule has 9 heteroatoms. The Morgan fingerprint density at radius 3 is 2.30 bits per heavy atom. The number of anilines is 1. The minimum atomic E-state index is -0.267. The maximum Gasteiger partial charge on any atom is 0.260 e. The fourth-order valence-electron chi connectivity index (χ4n) is 3.67. The van der Waals surface area contributed by atoms with E-state index in [9.17, 15) is 4.79 Å². The number of benzene rings is 3. The average molecular weight is 504 g/mol. The number of nitrogens with zero attached hydrogens (tertiary/aromatic N) is 2. The summed E-state index contributed by atoms with van der Waals surface area (Å²) in [6.07, 6.45) is 2.04. The van der Waals surface area contributed by atoms with Gasteiger partial charge in [0.1, 0.15) is 5.75 Å². The van der Waals surface area contributed by atoms with Crippen LogP contribution >= 0.6 is 0 Å². The van der Waals surface area contributed by atoms with E-state index in [0.717, 1.165) is 18.6 Å². The molecule has 1 N–H and O–H groups in total. The van der Waals surface area contributed by atoms with Crippen molar-refractivity contribution in [3.05, 3.63) is 66.2 Å². The van der Waals surface area contributed by atoms with Gasteiger partial charge in [-0.15, -0.1) is 0 Å². The molecule has 192 valence electrons. The second-order valence-corrected chi connectivity index (χ2v) is 8.06. The van der Waals surface area contributed by atoms with Gasteiger partial charge in [-0.2, -0.15) is 4.98 Å². The molecule has 1 aromatic heterocycles. The number of ether oxygens (including phenoxy) is 4. The lowest BCUT2D eigenvalue weighted by Crippen LogP contribution is -2.12. The molecular formula is C28H29N3O6. The number of amides is 1. The van der Waals surface area contributed by atoms with Crippen LogP contribution in [0.5, 0.6) is 23.0 Å². The number of hydrogen-bond donors (Lipinski definition) is 1. The van der Waals surface area contributed by atoms with Crippen molar-refractivity contribution >= 4 is 11.6 Å². The number of nitrogens with one attached hydrogen (secondary N) is 1. The molecule has 9 nitrogen and oxygen atoms in total. The van der Waals surface area contributed by atoms with Crippen molar-refractivity contribution in [2.24, 2.45) is 0 Å². The molecule has 0 bridgehead atoms. The summed E-state index contributed by atoms with van der Waals surface area (Å²) < 4.78 is 27.5. The van der Waals surface area contributed by atoms with Crippen LogP contribution in [0.25, 0.3) is 22.8 Å². The molecule has 0 fully saturated rings. The maximum atomic E-state index is 12.9. The minimum absolute atomic E-state index is 0.249. The predicted molar refractivity (Wildman–Crippen MR) is 140 cm³/mol. The Kier molecular flexibility index (Phi) is 8.25. The monoisotopic (exact) mass is 503 g/mol. The van der Waals surface area contributed by atoms with E-state index in [2.05, 4.69) is 22.4 Å². The molecule has 4 aromatic rings. The van der Waals surface area contributed by atoms with Gasteiger partial charge < -0.3 is 28.8 Å². The summed E-state index contributed by atoms with van der Waals surface area (Å²) in [6, 6.07) is 17.7. The highest BCUT2D eigenvalue weighted by atomic mass is 16.5. The summed E-state index contributed by atoms with van der Waals surface area (Å²) in [5, 5.41) is 7.06. The molecule has 0 spiro atoms. The van der Waals surface area contributed by atoms with E-state index in [0.29, 0.717) is 52.1 Å². The Hall–Kier alpha value is -4.53. The minimum Gasteiger partial charge on any atom is -0.494 e. The Labute approximate surface area is 215 Å². The molecule has 0 saturated heterocycles. The second kappa shape index (κ2) is 11.9. The van der Waals surface area contributed by atoms with Crippen molar-refractivity contribution in [1.29, 1.82) is 0 Å².